The monoisotopic (exact) mass is 487 g/mol. The van der Waals surface area contributed by atoms with Gasteiger partial charge in [0, 0.05) is 41.0 Å². The number of hydrogen-bond acceptors (Lipinski definition) is 6. The van der Waals surface area contributed by atoms with E-state index in [2.05, 4.69) is 38.6 Å². The summed E-state index contributed by atoms with van der Waals surface area (Å²) in [4.78, 5) is 9.41. The number of pyridine rings is 2. The summed E-state index contributed by atoms with van der Waals surface area (Å²) in [5, 5.41) is 4.10. The molecule has 0 aliphatic rings. The zero-order chi connectivity index (χ0) is 24.7. The van der Waals surface area contributed by atoms with Crippen molar-refractivity contribution in [3.63, 3.8) is 0 Å². The Morgan fingerprint density at radius 3 is 2.43 bits per heavy atom. The van der Waals surface area contributed by atoms with Gasteiger partial charge >= 0.3 is 0 Å². The van der Waals surface area contributed by atoms with Crippen molar-refractivity contribution < 1.29 is 12.9 Å². The van der Waals surface area contributed by atoms with Crippen LogP contribution in [-0.2, 0) is 10.0 Å². The van der Waals surface area contributed by atoms with E-state index in [-0.39, 0.29) is 6.04 Å². The average Bonchev–Trinajstić information content (AvgIpc) is 3.38. The molecule has 0 aliphatic carbocycles. The Morgan fingerprint density at radius 2 is 1.80 bits per heavy atom. The summed E-state index contributed by atoms with van der Waals surface area (Å²) in [6.07, 6.45) is 6.84. The number of hydrogen-bond donors (Lipinski definition) is 1. The summed E-state index contributed by atoms with van der Waals surface area (Å²) in [6, 6.07) is 15.2. The maximum atomic E-state index is 11.6. The minimum atomic E-state index is -3.35. The van der Waals surface area contributed by atoms with Gasteiger partial charge in [-0.1, -0.05) is 23.4 Å². The van der Waals surface area contributed by atoms with Crippen LogP contribution in [0.15, 0.2) is 71.6 Å². The first-order chi connectivity index (χ1) is 16.7. The number of nitrogens with one attached hydrogen (secondary N) is 1. The molecule has 1 atom stereocenters. The van der Waals surface area contributed by atoms with Crippen LogP contribution in [0.25, 0.3) is 33.3 Å². The van der Waals surface area contributed by atoms with Gasteiger partial charge in [-0.2, -0.15) is 0 Å². The molecule has 0 amide bonds. The molecule has 1 aromatic carbocycles. The molecule has 4 heterocycles. The summed E-state index contributed by atoms with van der Waals surface area (Å²) < 4.78 is 33.2. The zero-order valence-electron chi connectivity index (χ0n) is 19.9. The summed E-state index contributed by atoms with van der Waals surface area (Å²) in [5.41, 5.74) is 7.80. The Bertz CT molecular complexity index is 1600. The molecule has 8 nitrogen and oxygen atoms in total. The third kappa shape index (κ3) is 4.42. The van der Waals surface area contributed by atoms with Crippen LogP contribution >= 0.6 is 0 Å². The number of aromatic nitrogens is 4. The molecule has 0 spiro atoms. The quantitative estimate of drug-likeness (QED) is 0.346. The van der Waals surface area contributed by atoms with Gasteiger partial charge in [0.1, 0.15) is 5.76 Å². The highest BCUT2D eigenvalue weighted by Crippen LogP contribution is 2.36. The molecule has 0 saturated carbocycles. The lowest BCUT2D eigenvalue weighted by Gasteiger charge is -2.15. The number of sulfonamides is 1. The fourth-order valence-corrected chi connectivity index (χ4v) is 4.95. The molecule has 178 valence electrons. The Balaban J connectivity index is 1.67. The van der Waals surface area contributed by atoms with E-state index in [9.17, 15) is 8.42 Å². The van der Waals surface area contributed by atoms with Crippen molar-refractivity contribution in [1.82, 2.24) is 19.7 Å². The maximum absolute atomic E-state index is 11.6. The van der Waals surface area contributed by atoms with Gasteiger partial charge in [0.25, 0.3) is 0 Å². The number of anilines is 1. The maximum Gasteiger partial charge on any atom is 0.229 e. The molecule has 4 aromatic heterocycles. The zero-order valence-corrected chi connectivity index (χ0v) is 20.7. The fourth-order valence-electron chi connectivity index (χ4n) is 4.39. The Hall–Kier alpha value is -3.98. The second-order valence-corrected chi connectivity index (χ2v) is 10.4. The molecule has 0 aliphatic heterocycles. The van der Waals surface area contributed by atoms with E-state index in [1.165, 1.54) is 0 Å². The van der Waals surface area contributed by atoms with Crippen LogP contribution in [0.1, 0.15) is 30.1 Å². The van der Waals surface area contributed by atoms with Crippen LogP contribution in [0.3, 0.4) is 0 Å². The molecule has 35 heavy (non-hydrogen) atoms. The van der Waals surface area contributed by atoms with Crippen LogP contribution in [0.4, 0.5) is 5.69 Å². The summed E-state index contributed by atoms with van der Waals surface area (Å²) in [7, 11) is -3.35. The number of rotatable bonds is 6. The third-order valence-corrected chi connectivity index (χ3v) is 6.63. The molecular formula is C26H25N5O3S. The number of benzene rings is 1. The molecule has 0 fully saturated rings. The van der Waals surface area contributed by atoms with Crippen molar-refractivity contribution in [3.8, 4) is 22.3 Å². The predicted molar refractivity (Wildman–Crippen MR) is 137 cm³/mol. The molecule has 0 bridgehead atoms. The highest BCUT2D eigenvalue weighted by atomic mass is 32.2. The standard InChI is InChI=1S/C26H25N5O3S/c1-16-25(18(3)34-29-16)20-13-24-26(28-14-20)22(15-31(24)17(2)23-7-5-6-12-27-23)19-8-10-21(11-9-19)30-35(4,32)33/h5-15,17,30H,1-4H3/t17-/m0/s1. The highest BCUT2D eigenvalue weighted by molar-refractivity contribution is 7.92. The van der Waals surface area contributed by atoms with Gasteiger partial charge in [0.05, 0.1) is 34.7 Å². The molecule has 0 saturated heterocycles. The van der Waals surface area contributed by atoms with E-state index in [1.54, 1.807) is 18.3 Å². The summed E-state index contributed by atoms with van der Waals surface area (Å²) >= 11 is 0. The van der Waals surface area contributed by atoms with E-state index >= 15 is 0 Å². The Kier molecular flexibility index (Phi) is 5.64. The minimum absolute atomic E-state index is 0.0413. The second-order valence-electron chi connectivity index (χ2n) is 8.62. The van der Waals surface area contributed by atoms with Crippen molar-refractivity contribution in [2.24, 2.45) is 0 Å². The van der Waals surface area contributed by atoms with Crippen molar-refractivity contribution >= 4 is 26.7 Å². The van der Waals surface area contributed by atoms with Crippen molar-refractivity contribution in [2.45, 2.75) is 26.8 Å². The summed E-state index contributed by atoms with van der Waals surface area (Å²) in [6.45, 7) is 5.92. The first-order valence-corrected chi connectivity index (χ1v) is 13.0. The van der Waals surface area contributed by atoms with Crippen molar-refractivity contribution in [3.05, 3.63) is 84.3 Å². The lowest BCUT2D eigenvalue weighted by Crippen LogP contribution is -2.09. The van der Waals surface area contributed by atoms with E-state index in [4.69, 9.17) is 9.51 Å². The van der Waals surface area contributed by atoms with Gasteiger partial charge in [0.2, 0.25) is 10.0 Å². The van der Waals surface area contributed by atoms with Gasteiger partial charge in [-0.05, 0) is 56.7 Å². The number of fused-ring (bicyclic) bond motifs is 1. The first kappa shape index (κ1) is 22.8. The Labute approximate surface area is 203 Å². The van der Waals surface area contributed by atoms with Crippen LogP contribution in [0.5, 0.6) is 0 Å². The summed E-state index contributed by atoms with van der Waals surface area (Å²) in [5.74, 6) is 0.744. The molecule has 5 aromatic rings. The van der Waals surface area contributed by atoms with Crippen LogP contribution < -0.4 is 4.72 Å². The molecular weight excluding hydrogens is 462 g/mol. The number of nitrogens with zero attached hydrogens (tertiary/aromatic N) is 4. The van der Waals surface area contributed by atoms with Crippen molar-refractivity contribution in [1.29, 1.82) is 0 Å². The predicted octanol–water partition coefficient (Wildman–Crippen LogP) is 5.35. The van der Waals surface area contributed by atoms with Gasteiger partial charge in [-0.3, -0.25) is 14.7 Å². The van der Waals surface area contributed by atoms with E-state index in [0.717, 1.165) is 56.7 Å². The van der Waals surface area contributed by atoms with Crippen LogP contribution in [0, 0.1) is 13.8 Å². The molecule has 0 unspecified atom stereocenters. The molecule has 1 N–H and O–H groups in total. The van der Waals surface area contributed by atoms with Crippen LogP contribution in [0.2, 0.25) is 0 Å². The van der Waals surface area contributed by atoms with Crippen molar-refractivity contribution in [2.75, 3.05) is 11.0 Å². The van der Waals surface area contributed by atoms with Crippen LogP contribution in [-0.4, -0.2) is 34.4 Å². The lowest BCUT2D eigenvalue weighted by molar-refractivity contribution is 0.393. The first-order valence-electron chi connectivity index (χ1n) is 11.1. The van der Waals surface area contributed by atoms with Gasteiger partial charge < -0.3 is 9.09 Å². The van der Waals surface area contributed by atoms with E-state index in [0.29, 0.717) is 5.69 Å². The minimum Gasteiger partial charge on any atom is -0.361 e. The van der Waals surface area contributed by atoms with E-state index < -0.39 is 10.0 Å². The topological polar surface area (TPSA) is 103 Å². The van der Waals surface area contributed by atoms with E-state index in [1.807, 2.05) is 50.4 Å². The van der Waals surface area contributed by atoms with Gasteiger partial charge in [-0.15, -0.1) is 0 Å². The fraction of sp³-hybridized carbons (Fsp3) is 0.192. The SMILES string of the molecule is Cc1noc(C)c1-c1cnc2c(-c3ccc(NS(C)(=O)=O)cc3)cn([C@@H](C)c3ccccn3)c2c1. The van der Waals surface area contributed by atoms with Gasteiger partial charge in [0.15, 0.2) is 0 Å². The smallest absolute Gasteiger partial charge is 0.229 e. The Morgan fingerprint density at radius 1 is 1.03 bits per heavy atom. The normalized spacial score (nSPS) is 12.7. The second kappa shape index (κ2) is 8.66. The molecule has 9 heteroatoms. The molecule has 0 radical (unpaired) electrons. The van der Waals surface area contributed by atoms with Gasteiger partial charge in [-0.25, -0.2) is 8.42 Å². The third-order valence-electron chi connectivity index (χ3n) is 6.02. The lowest BCUT2D eigenvalue weighted by atomic mass is 10.0. The molecule has 5 rings (SSSR count). The number of aryl methyl sites for hydroxylation is 2. The highest BCUT2D eigenvalue weighted by Gasteiger charge is 2.20. The average molecular weight is 488 g/mol. The largest absolute Gasteiger partial charge is 0.361 e.